The fraction of sp³-hybridized carbons (Fsp3) is 1.00. The van der Waals surface area contributed by atoms with Crippen LogP contribution in [0.25, 0.3) is 0 Å². The van der Waals surface area contributed by atoms with Crippen LogP contribution in [0.1, 0.15) is 32.1 Å². The van der Waals surface area contributed by atoms with Crippen LogP contribution in [0.5, 0.6) is 0 Å². The van der Waals surface area contributed by atoms with Crippen LogP contribution in [0.4, 0.5) is 0 Å². The molecule has 88 valence electrons. The number of hydrogen-bond acceptors (Lipinski definition) is 3. The Morgan fingerprint density at radius 1 is 1.40 bits per heavy atom. The third-order valence-corrected chi connectivity index (χ3v) is 4.81. The Kier molecular flexibility index (Phi) is 3.63. The number of nitrogens with zero attached hydrogens (tertiary/aromatic N) is 1. The minimum Gasteiger partial charge on any atom is -0.393 e. The SMILES string of the molecule is CN(CC1CC(O)C1)CC1(CS)CCC1. The van der Waals surface area contributed by atoms with E-state index < -0.39 is 0 Å². The minimum absolute atomic E-state index is 0.00839. The first-order valence-electron chi connectivity index (χ1n) is 6.11. The second-order valence-electron chi connectivity index (χ2n) is 5.70. The van der Waals surface area contributed by atoms with Crippen molar-refractivity contribution in [3.63, 3.8) is 0 Å². The summed E-state index contributed by atoms with van der Waals surface area (Å²) in [7, 11) is 2.22. The first kappa shape index (κ1) is 11.7. The van der Waals surface area contributed by atoms with E-state index in [9.17, 15) is 5.11 Å². The van der Waals surface area contributed by atoms with Gasteiger partial charge in [0.05, 0.1) is 6.10 Å². The Hall–Kier alpha value is 0.270. The molecule has 0 aromatic heterocycles. The Bertz CT molecular complexity index is 206. The molecule has 0 aromatic rings. The van der Waals surface area contributed by atoms with E-state index in [4.69, 9.17) is 0 Å². The fourth-order valence-electron chi connectivity index (χ4n) is 2.97. The summed E-state index contributed by atoms with van der Waals surface area (Å²) in [4.78, 5) is 2.45. The van der Waals surface area contributed by atoms with E-state index in [2.05, 4.69) is 24.6 Å². The van der Waals surface area contributed by atoms with Gasteiger partial charge in [0.15, 0.2) is 0 Å². The van der Waals surface area contributed by atoms with E-state index >= 15 is 0 Å². The van der Waals surface area contributed by atoms with Crippen molar-refractivity contribution in [3.8, 4) is 0 Å². The summed E-state index contributed by atoms with van der Waals surface area (Å²) in [5.74, 6) is 1.77. The predicted molar refractivity (Wildman–Crippen MR) is 66.4 cm³/mol. The maximum absolute atomic E-state index is 9.24. The topological polar surface area (TPSA) is 23.5 Å². The van der Waals surface area contributed by atoms with Gasteiger partial charge in [-0.25, -0.2) is 0 Å². The maximum atomic E-state index is 9.24. The number of thiol groups is 1. The van der Waals surface area contributed by atoms with Gasteiger partial charge < -0.3 is 10.0 Å². The summed E-state index contributed by atoms with van der Waals surface area (Å²) >= 11 is 4.48. The molecule has 0 radical (unpaired) electrons. The highest BCUT2D eigenvalue weighted by atomic mass is 32.1. The molecule has 3 heteroatoms. The van der Waals surface area contributed by atoms with E-state index in [-0.39, 0.29) is 6.10 Å². The lowest BCUT2D eigenvalue weighted by molar-refractivity contribution is 0.0161. The van der Waals surface area contributed by atoms with Crippen LogP contribution in [-0.4, -0.2) is 42.0 Å². The molecule has 0 amide bonds. The molecule has 0 spiro atoms. The van der Waals surface area contributed by atoms with Gasteiger partial charge in [-0.05, 0) is 49.8 Å². The lowest BCUT2D eigenvalue weighted by Gasteiger charge is -2.45. The second-order valence-corrected chi connectivity index (χ2v) is 6.02. The average Bonchev–Trinajstić information content (AvgIpc) is 2.09. The first-order valence-corrected chi connectivity index (χ1v) is 6.74. The number of rotatable bonds is 5. The van der Waals surface area contributed by atoms with Gasteiger partial charge in [0.25, 0.3) is 0 Å². The largest absolute Gasteiger partial charge is 0.393 e. The second kappa shape index (κ2) is 4.64. The lowest BCUT2D eigenvalue weighted by Crippen LogP contribution is -2.45. The van der Waals surface area contributed by atoms with Crippen molar-refractivity contribution in [2.75, 3.05) is 25.9 Å². The molecule has 0 heterocycles. The lowest BCUT2D eigenvalue weighted by atomic mass is 9.69. The maximum Gasteiger partial charge on any atom is 0.0546 e. The zero-order valence-electron chi connectivity index (χ0n) is 9.65. The van der Waals surface area contributed by atoms with Gasteiger partial charge in [0, 0.05) is 13.1 Å². The van der Waals surface area contributed by atoms with Crippen LogP contribution in [0.2, 0.25) is 0 Å². The van der Waals surface area contributed by atoms with Gasteiger partial charge >= 0.3 is 0 Å². The summed E-state index contributed by atoms with van der Waals surface area (Å²) in [6, 6.07) is 0. The van der Waals surface area contributed by atoms with E-state index in [1.165, 1.54) is 25.8 Å². The van der Waals surface area contributed by atoms with Crippen LogP contribution in [0.15, 0.2) is 0 Å². The molecule has 0 aromatic carbocycles. The highest BCUT2D eigenvalue weighted by molar-refractivity contribution is 7.80. The molecule has 0 unspecified atom stereocenters. The number of aliphatic hydroxyl groups is 1. The molecule has 1 N–H and O–H groups in total. The average molecular weight is 229 g/mol. The van der Waals surface area contributed by atoms with Crippen molar-refractivity contribution < 1.29 is 5.11 Å². The van der Waals surface area contributed by atoms with E-state index in [0.29, 0.717) is 5.41 Å². The first-order chi connectivity index (χ1) is 7.13. The van der Waals surface area contributed by atoms with Crippen LogP contribution in [-0.2, 0) is 0 Å². The van der Waals surface area contributed by atoms with Crippen molar-refractivity contribution >= 4 is 12.6 Å². The monoisotopic (exact) mass is 229 g/mol. The molecule has 2 nitrogen and oxygen atoms in total. The van der Waals surface area contributed by atoms with Crippen molar-refractivity contribution in [3.05, 3.63) is 0 Å². The number of hydrogen-bond donors (Lipinski definition) is 2. The summed E-state index contributed by atoms with van der Waals surface area (Å²) in [5, 5.41) is 9.24. The van der Waals surface area contributed by atoms with Gasteiger partial charge in [-0.3, -0.25) is 0 Å². The van der Waals surface area contributed by atoms with Crippen LogP contribution in [0, 0.1) is 11.3 Å². The molecule has 0 saturated heterocycles. The van der Waals surface area contributed by atoms with Gasteiger partial charge in [-0.15, -0.1) is 0 Å². The van der Waals surface area contributed by atoms with Crippen molar-refractivity contribution in [2.45, 2.75) is 38.2 Å². The van der Waals surface area contributed by atoms with Crippen LogP contribution in [0.3, 0.4) is 0 Å². The van der Waals surface area contributed by atoms with Crippen molar-refractivity contribution in [1.29, 1.82) is 0 Å². The van der Waals surface area contributed by atoms with Gasteiger partial charge in [0.1, 0.15) is 0 Å². The van der Waals surface area contributed by atoms with Gasteiger partial charge in [0.2, 0.25) is 0 Å². The number of aliphatic hydroxyl groups excluding tert-OH is 1. The normalized spacial score (nSPS) is 33.6. The molecule has 2 fully saturated rings. The molecular weight excluding hydrogens is 206 g/mol. The smallest absolute Gasteiger partial charge is 0.0546 e. The molecule has 0 atom stereocenters. The highest BCUT2D eigenvalue weighted by Gasteiger charge is 2.37. The van der Waals surface area contributed by atoms with E-state index in [1.807, 2.05) is 0 Å². The van der Waals surface area contributed by atoms with Crippen molar-refractivity contribution in [2.24, 2.45) is 11.3 Å². The fourth-order valence-corrected chi connectivity index (χ4v) is 3.39. The minimum atomic E-state index is -0.00839. The standard InChI is InChI=1S/C12H23NOS/c1-13(7-10-5-11(14)6-10)8-12(9-15)3-2-4-12/h10-11,14-15H,2-9H2,1H3. The Balaban J connectivity index is 1.69. The molecule has 2 saturated carbocycles. The highest BCUT2D eigenvalue weighted by Crippen LogP contribution is 2.42. The molecule has 0 aliphatic heterocycles. The van der Waals surface area contributed by atoms with Crippen molar-refractivity contribution in [1.82, 2.24) is 4.90 Å². The molecule has 0 bridgehead atoms. The van der Waals surface area contributed by atoms with Crippen LogP contribution >= 0.6 is 12.6 Å². The Labute approximate surface area is 98.5 Å². The molecule has 2 aliphatic carbocycles. The molecule has 2 rings (SSSR count). The summed E-state index contributed by atoms with van der Waals surface area (Å²) in [6.45, 7) is 2.36. The van der Waals surface area contributed by atoms with Gasteiger partial charge in [-0.1, -0.05) is 6.42 Å². The van der Waals surface area contributed by atoms with Crippen LogP contribution < -0.4 is 0 Å². The Morgan fingerprint density at radius 3 is 2.47 bits per heavy atom. The summed E-state index contributed by atoms with van der Waals surface area (Å²) in [6.07, 6.45) is 6.11. The zero-order chi connectivity index (χ0) is 10.9. The quantitative estimate of drug-likeness (QED) is 0.702. The molecule has 2 aliphatic rings. The summed E-state index contributed by atoms with van der Waals surface area (Å²) in [5.41, 5.74) is 0.514. The Morgan fingerprint density at radius 2 is 2.07 bits per heavy atom. The molecular formula is C12H23NOS. The third-order valence-electron chi connectivity index (χ3n) is 4.14. The van der Waals surface area contributed by atoms with E-state index in [1.54, 1.807) is 0 Å². The third kappa shape index (κ3) is 2.69. The predicted octanol–water partition coefficient (Wildman–Crippen LogP) is 1.79. The van der Waals surface area contributed by atoms with Gasteiger partial charge in [-0.2, -0.15) is 12.6 Å². The molecule has 15 heavy (non-hydrogen) atoms. The zero-order valence-corrected chi connectivity index (χ0v) is 10.5. The van der Waals surface area contributed by atoms with E-state index in [0.717, 1.165) is 31.1 Å². The summed E-state index contributed by atoms with van der Waals surface area (Å²) < 4.78 is 0.